The molecule has 1 amide bonds. The van der Waals surface area contributed by atoms with Gasteiger partial charge in [-0.3, -0.25) is 14.6 Å². The summed E-state index contributed by atoms with van der Waals surface area (Å²) < 4.78 is 1.46. The molecule has 0 saturated carbocycles. The van der Waals surface area contributed by atoms with E-state index in [1.54, 1.807) is 18.2 Å². The van der Waals surface area contributed by atoms with Gasteiger partial charge in [0, 0.05) is 23.4 Å². The molecule has 8 heteroatoms. The number of aryl methyl sites for hydroxylation is 1. The van der Waals surface area contributed by atoms with E-state index in [0.717, 1.165) is 16.0 Å². The van der Waals surface area contributed by atoms with Gasteiger partial charge in [-0.2, -0.15) is 9.78 Å². The van der Waals surface area contributed by atoms with Gasteiger partial charge in [0.15, 0.2) is 0 Å². The second-order valence-electron chi connectivity index (χ2n) is 7.62. The minimum atomic E-state index is -0.285. The van der Waals surface area contributed by atoms with Crippen molar-refractivity contribution in [1.82, 2.24) is 19.7 Å². The van der Waals surface area contributed by atoms with Crippen LogP contribution < -0.4 is 10.9 Å². The highest BCUT2D eigenvalue weighted by Crippen LogP contribution is 2.28. The first kappa shape index (κ1) is 21.5. The predicted octanol–water partition coefficient (Wildman–Crippen LogP) is 5.17. The molecule has 0 fully saturated rings. The average molecular weight is 468 g/mol. The Balaban J connectivity index is 1.49. The number of benzene rings is 2. The van der Waals surface area contributed by atoms with E-state index in [9.17, 15) is 9.59 Å². The third-order valence-electron chi connectivity index (χ3n) is 5.32. The van der Waals surface area contributed by atoms with Gasteiger partial charge in [0.05, 0.1) is 4.88 Å². The van der Waals surface area contributed by atoms with E-state index in [1.807, 2.05) is 66.9 Å². The lowest BCUT2D eigenvalue weighted by atomic mass is 10.0. The first-order chi connectivity index (χ1) is 16.6. The molecule has 5 aromatic rings. The summed E-state index contributed by atoms with van der Waals surface area (Å²) in [6.45, 7) is 1.92. The van der Waals surface area contributed by atoms with Crippen LogP contribution in [0.15, 0.2) is 89.0 Å². The van der Waals surface area contributed by atoms with Crippen molar-refractivity contribution in [2.45, 2.75) is 13.3 Å². The molecule has 2 N–H and O–H groups in total. The van der Waals surface area contributed by atoms with E-state index in [-0.39, 0.29) is 17.4 Å². The molecule has 0 spiro atoms. The van der Waals surface area contributed by atoms with Crippen LogP contribution >= 0.6 is 11.3 Å². The summed E-state index contributed by atoms with van der Waals surface area (Å²) in [5.41, 5.74) is 3.66. The highest BCUT2D eigenvalue weighted by Gasteiger charge is 2.17. The second-order valence-corrected chi connectivity index (χ2v) is 8.56. The SMILES string of the molecule is CCc1cc(=O)[nH]c(-n2nc(-c3cccs3)cc2NC(=O)c2ccc(-c3ccccc3)cc2)n1. The Labute approximate surface area is 199 Å². The van der Waals surface area contributed by atoms with Crippen molar-refractivity contribution in [3.8, 4) is 27.6 Å². The van der Waals surface area contributed by atoms with Crippen LogP contribution in [0.3, 0.4) is 0 Å². The molecule has 0 unspecified atom stereocenters. The van der Waals surface area contributed by atoms with Crippen molar-refractivity contribution in [3.63, 3.8) is 0 Å². The van der Waals surface area contributed by atoms with Crippen LogP contribution in [-0.2, 0) is 6.42 Å². The zero-order valence-electron chi connectivity index (χ0n) is 18.4. The van der Waals surface area contributed by atoms with E-state index in [1.165, 1.54) is 22.1 Å². The third-order valence-corrected chi connectivity index (χ3v) is 6.22. The summed E-state index contributed by atoms with van der Waals surface area (Å²) in [7, 11) is 0. The fraction of sp³-hybridized carbons (Fsp3) is 0.0769. The zero-order chi connectivity index (χ0) is 23.5. The van der Waals surface area contributed by atoms with Crippen molar-refractivity contribution >= 4 is 23.1 Å². The number of nitrogens with one attached hydrogen (secondary N) is 2. The van der Waals surface area contributed by atoms with E-state index < -0.39 is 0 Å². The molecule has 0 atom stereocenters. The quantitative estimate of drug-likeness (QED) is 0.361. The number of hydrogen-bond acceptors (Lipinski definition) is 5. The maximum Gasteiger partial charge on any atom is 0.256 e. The highest BCUT2D eigenvalue weighted by molar-refractivity contribution is 7.13. The lowest BCUT2D eigenvalue weighted by Crippen LogP contribution is -2.19. The number of anilines is 1. The topological polar surface area (TPSA) is 92.7 Å². The maximum absolute atomic E-state index is 13.1. The van der Waals surface area contributed by atoms with Gasteiger partial charge in [-0.05, 0) is 41.1 Å². The number of carbonyl (C=O) groups excluding carboxylic acids is 1. The summed E-state index contributed by atoms with van der Waals surface area (Å²) in [6.07, 6.45) is 0.603. The molecule has 7 nitrogen and oxygen atoms in total. The first-order valence-corrected chi connectivity index (χ1v) is 11.7. The van der Waals surface area contributed by atoms with Crippen molar-refractivity contribution in [1.29, 1.82) is 0 Å². The monoisotopic (exact) mass is 467 g/mol. The van der Waals surface area contributed by atoms with Crippen LogP contribution in [-0.4, -0.2) is 25.7 Å². The summed E-state index contributed by atoms with van der Waals surface area (Å²) in [5, 5.41) is 9.50. The van der Waals surface area contributed by atoms with E-state index in [0.29, 0.717) is 29.2 Å². The van der Waals surface area contributed by atoms with Gasteiger partial charge in [-0.15, -0.1) is 11.3 Å². The van der Waals surface area contributed by atoms with Crippen molar-refractivity contribution in [3.05, 3.63) is 106 Å². The summed E-state index contributed by atoms with van der Waals surface area (Å²) in [6, 6.07) is 24.5. The van der Waals surface area contributed by atoms with Crippen LogP contribution in [0.5, 0.6) is 0 Å². The van der Waals surface area contributed by atoms with Crippen LogP contribution in [0, 0.1) is 0 Å². The van der Waals surface area contributed by atoms with Gasteiger partial charge in [0.1, 0.15) is 11.5 Å². The number of aromatic nitrogens is 4. The van der Waals surface area contributed by atoms with Gasteiger partial charge in [0.25, 0.3) is 11.5 Å². The molecule has 34 heavy (non-hydrogen) atoms. The minimum Gasteiger partial charge on any atom is -0.306 e. The van der Waals surface area contributed by atoms with Gasteiger partial charge < -0.3 is 5.32 Å². The molecule has 0 aliphatic heterocycles. The number of rotatable bonds is 6. The van der Waals surface area contributed by atoms with Crippen molar-refractivity contribution in [2.75, 3.05) is 5.32 Å². The highest BCUT2D eigenvalue weighted by atomic mass is 32.1. The molecule has 5 rings (SSSR count). The summed E-state index contributed by atoms with van der Waals surface area (Å²) in [5.74, 6) is 0.381. The normalized spacial score (nSPS) is 10.9. The molecule has 3 aromatic heterocycles. The standard InChI is InChI=1S/C26H21N5O2S/c1-2-20-15-24(32)29-26(27-20)31-23(16-21(30-31)22-9-6-14-34-22)28-25(33)19-12-10-18(11-13-19)17-7-4-3-5-8-17/h3-16H,2H2,1H3,(H,28,33)(H,27,29,32). The third kappa shape index (κ3) is 4.44. The number of H-pyrrole nitrogens is 1. The van der Waals surface area contributed by atoms with Gasteiger partial charge >= 0.3 is 0 Å². The van der Waals surface area contributed by atoms with E-state index >= 15 is 0 Å². The Morgan fingerprint density at radius 1 is 1.00 bits per heavy atom. The van der Waals surface area contributed by atoms with Crippen LogP contribution in [0.25, 0.3) is 27.6 Å². The fourth-order valence-electron chi connectivity index (χ4n) is 3.58. The Morgan fingerprint density at radius 3 is 2.47 bits per heavy atom. The minimum absolute atomic E-state index is 0.252. The number of amides is 1. The van der Waals surface area contributed by atoms with Crippen LogP contribution in [0.2, 0.25) is 0 Å². The molecule has 0 saturated heterocycles. The summed E-state index contributed by atoms with van der Waals surface area (Å²) in [4.78, 5) is 33.4. The predicted molar refractivity (Wildman–Crippen MR) is 135 cm³/mol. The zero-order valence-corrected chi connectivity index (χ0v) is 19.2. The van der Waals surface area contributed by atoms with Crippen molar-refractivity contribution < 1.29 is 4.79 Å². The maximum atomic E-state index is 13.1. The number of hydrogen-bond donors (Lipinski definition) is 2. The Hall–Kier alpha value is -4.30. The van der Waals surface area contributed by atoms with Gasteiger partial charge in [0.2, 0.25) is 5.95 Å². The van der Waals surface area contributed by atoms with E-state index in [2.05, 4.69) is 20.4 Å². The fourth-order valence-corrected chi connectivity index (χ4v) is 4.27. The molecular weight excluding hydrogens is 446 g/mol. The number of thiophene rings is 1. The largest absolute Gasteiger partial charge is 0.306 e. The Kier molecular flexibility index (Phi) is 5.88. The second kappa shape index (κ2) is 9.29. The molecule has 0 aliphatic rings. The van der Waals surface area contributed by atoms with Crippen LogP contribution in [0.1, 0.15) is 23.0 Å². The number of nitrogens with zero attached hydrogens (tertiary/aromatic N) is 3. The lowest BCUT2D eigenvalue weighted by molar-refractivity contribution is 0.102. The Bertz CT molecular complexity index is 1490. The van der Waals surface area contributed by atoms with Crippen LogP contribution in [0.4, 0.5) is 5.82 Å². The molecule has 0 radical (unpaired) electrons. The molecule has 0 bridgehead atoms. The molecule has 0 aliphatic carbocycles. The molecule has 2 aromatic carbocycles. The van der Waals surface area contributed by atoms with Crippen molar-refractivity contribution in [2.24, 2.45) is 0 Å². The average Bonchev–Trinajstić information content (AvgIpc) is 3.55. The number of carbonyl (C=O) groups is 1. The van der Waals surface area contributed by atoms with Gasteiger partial charge in [-0.1, -0.05) is 55.5 Å². The molecule has 168 valence electrons. The summed E-state index contributed by atoms with van der Waals surface area (Å²) >= 11 is 1.54. The first-order valence-electron chi connectivity index (χ1n) is 10.8. The molecule has 3 heterocycles. The molecular formula is C26H21N5O2S. The Morgan fingerprint density at radius 2 is 1.76 bits per heavy atom. The lowest BCUT2D eigenvalue weighted by Gasteiger charge is -2.09. The van der Waals surface area contributed by atoms with E-state index in [4.69, 9.17) is 0 Å². The van der Waals surface area contributed by atoms with Gasteiger partial charge in [-0.25, -0.2) is 4.98 Å². The smallest absolute Gasteiger partial charge is 0.256 e. The number of aromatic amines is 1.